The number of amides is 5. The molecule has 1 aromatic rings. The Morgan fingerprint density at radius 2 is 1.88 bits per heavy atom. The number of hydrogen-bond donors (Lipinski definition) is 3. The van der Waals surface area contributed by atoms with Gasteiger partial charge in [-0.1, -0.05) is 19.3 Å². The number of fused-ring (bicyclic) bond motifs is 1. The van der Waals surface area contributed by atoms with Crippen LogP contribution in [0.15, 0.2) is 0 Å². The van der Waals surface area contributed by atoms with Crippen molar-refractivity contribution in [2.45, 2.75) is 69.7 Å². The zero-order valence-electron chi connectivity index (χ0n) is 19.1. The van der Waals surface area contributed by atoms with E-state index in [1.807, 2.05) is 0 Å². The molecule has 2 heterocycles. The second kappa shape index (κ2) is 10.2. The number of nitrogens with one attached hydrogen (secondary N) is 3. The Kier molecular flexibility index (Phi) is 7.33. The molecule has 180 valence electrons. The van der Waals surface area contributed by atoms with E-state index >= 15 is 0 Å². The van der Waals surface area contributed by atoms with E-state index in [1.54, 1.807) is 7.11 Å². The number of urea groups is 1. The average molecular weight is 477 g/mol. The molecule has 5 amide bonds. The van der Waals surface area contributed by atoms with Crippen molar-refractivity contribution in [3.8, 4) is 0 Å². The summed E-state index contributed by atoms with van der Waals surface area (Å²) < 4.78 is 5.03. The van der Waals surface area contributed by atoms with Gasteiger partial charge in [0.25, 0.3) is 11.8 Å². The van der Waals surface area contributed by atoms with Gasteiger partial charge >= 0.3 is 6.03 Å². The lowest BCUT2D eigenvalue weighted by atomic mass is 9.82. The van der Waals surface area contributed by atoms with Gasteiger partial charge in [0.05, 0.1) is 5.56 Å². The lowest BCUT2D eigenvalue weighted by Gasteiger charge is -2.30. The van der Waals surface area contributed by atoms with E-state index in [-0.39, 0.29) is 18.4 Å². The fourth-order valence-corrected chi connectivity index (χ4v) is 6.33. The minimum absolute atomic E-state index is 0.211. The van der Waals surface area contributed by atoms with Gasteiger partial charge in [0.15, 0.2) is 0 Å². The maximum absolute atomic E-state index is 13.0. The van der Waals surface area contributed by atoms with Gasteiger partial charge in [-0.25, -0.2) is 4.79 Å². The predicted octanol–water partition coefficient (Wildman–Crippen LogP) is 2.59. The molecule has 0 bridgehead atoms. The molecule has 0 unspecified atom stereocenters. The van der Waals surface area contributed by atoms with Crippen LogP contribution < -0.4 is 16.0 Å². The Morgan fingerprint density at radius 3 is 2.64 bits per heavy atom. The molecule has 2 aliphatic carbocycles. The number of methoxy groups -OCH3 is 1. The van der Waals surface area contributed by atoms with Crippen LogP contribution >= 0.6 is 11.3 Å². The molecule has 1 aromatic heterocycles. The topological polar surface area (TPSA) is 117 Å². The van der Waals surface area contributed by atoms with Crippen LogP contribution in [0.25, 0.3) is 0 Å². The van der Waals surface area contributed by atoms with Crippen molar-refractivity contribution in [2.24, 2.45) is 0 Å². The summed E-state index contributed by atoms with van der Waals surface area (Å²) in [7, 11) is 1.62. The Hall–Kier alpha value is -2.46. The van der Waals surface area contributed by atoms with Gasteiger partial charge in [-0.3, -0.25) is 19.3 Å². The standard InChI is InChI=1S/C23H32N4O5S/c1-32-13-7-12-24-19(29)18-15-8-3-4-9-16(15)33-20(18)25-17(28)14-27-21(30)23(26-22(27)31)10-5-2-6-11-23/h2-14H2,1H3,(H,24,29)(H,25,28)(H,26,31). The molecule has 0 atom stereocenters. The van der Waals surface area contributed by atoms with Gasteiger partial charge in [-0.2, -0.15) is 0 Å². The van der Waals surface area contributed by atoms with Crippen LogP contribution in [0.5, 0.6) is 0 Å². The number of anilines is 1. The number of carbonyl (C=O) groups excluding carboxylic acids is 4. The highest BCUT2D eigenvalue weighted by Crippen LogP contribution is 2.38. The molecule has 1 spiro atoms. The minimum Gasteiger partial charge on any atom is -0.385 e. The number of carbonyl (C=O) groups is 4. The highest BCUT2D eigenvalue weighted by molar-refractivity contribution is 7.17. The first-order valence-corrected chi connectivity index (χ1v) is 12.6. The van der Waals surface area contributed by atoms with Gasteiger partial charge in [-0.15, -0.1) is 11.3 Å². The molecular weight excluding hydrogens is 444 g/mol. The van der Waals surface area contributed by atoms with E-state index in [1.165, 1.54) is 11.3 Å². The van der Waals surface area contributed by atoms with Crippen molar-refractivity contribution in [1.82, 2.24) is 15.5 Å². The maximum atomic E-state index is 13.0. The van der Waals surface area contributed by atoms with Crippen LogP contribution in [-0.4, -0.2) is 61.0 Å². The van der Waals surface area contributed by atoms with Gasteiger partial charge in [0.1, 0.15) is 17.1 Å². The smallest absolute Gasteiger partial charge is 0.325 e. The molecule has 10 heteroatoms. The summed E-state index contributed by atoms with van der Waals surface area (Å²) in [5, 5.41) is 9.07. The summed E-state index contributed by atoms with van der Waals surface area (Å²) in [5.74, 6) is -1.00. The largest absolute Gasteiger partial charge is 0.385 e. The predicted molar refractivity (Wildman–Crippen MR) is 124 cm³/mol. The minimum atomic E-state index is -0.856. The van der Waals surface area contributed by atoms with Crippen molar-refractivity contribution >= 4 is 40.1 Å². The van der Waals surface area contributed by atoms with Gasteiger partial charge in [-0.05, 0) is 50.5 Å². The summed E-state index contributed by atoms with van der Waals surface area (Å²) in [6.45, 7) is 0.679. The Labute approximate surface area is 197 Å². The van der Waals surface area contributed by atoms with Crippen LogP contribution in [0.4, 0.5) is 9.80 Å². The van der Waals surface area contributed by atoms with Gasteiger partial charge in [0.2, 0.25) is 5.91 Å². The van der Waals surface area contributed by atoms with E-state index in [0.717, 1.165) is 60.3 Å². The third-order valence-electron chi connectivity index (χ3n) is 6.72. The third kappa shape index (κ3) is 4.91. The molecule has 4 rings (SSSR count). The maximum Gasteiger partial charge on any atom is 0.325 e. The number of thiophene rings is 1. The van der Waals surface area contributed by atoms with E-state index in [4.69, 9.17) is 4.74 Å². The van der Waals surface area contributed by atoms with Crippen LogP contribution in [0.1, 0.15) is 72.2 Å². The molecule has 1 saturated heterocycles. The SMILES string of the molecule is COCCCNC(=O)c1c(NC(=O)CN2C(=O)NC3(CCCCC3)C2=O)sc2c1CCCC2. The molecule has 1 saturated carbocycles. The second-order valence-corrected chi connectivity index (χ2v) is 10.1. The lowest BCUT2D eigenvalue weighted by molar-refractivity contribution is -0.134. The molecule has 3 aliphatic rings. The molecule has 3 N–H and O–H groups in total. The van der Waals surface area contributed by atoms with Crippen LogP contribution in [-0.2, 0) is 27.2 Å². The van der Waals surface area contributed by atoms with Gasteiger partial charge in [0, 0.05) is 25.1 Å². The number of ether oxygens (including phenoxy) is 1. The number of hydrogen-bond acceptors (Lipinski definition) is 6. The molecule has 9 nitrogen and oxygen atoms in total. The Balaban J connectivity index is 1.46. The van der Waals surface area contributed by atoms with Gasteiger partial charge < -0.3 is 20.7 Å². The van der Waals surface area contributed by atoms with E-state index < -0.39 is 17.5 Å². The monoisotopic (exact) mass is 476 g/mol. The van der Waals surface area contributed by atoms with E-state index in [0.29, 0.717) is 43.0 Å². The summed E-state index contributed by atoms with van der Waals surface area (Å²) in [6.07, 6.45) is 8.49. The van der Waals surface area contributed by atoms with Crippen molar-refractivity contribution in [3.05, 3.63) is 16.0 Å². The molecule has 33 heavy (non-hydrogen) atoms. The highest BCUT2D eigenvalue weighted by atomic mass is 32.1. The molecule has 0 radical (unpaired) electrons. The van der Waals surface area contributed by atoms with E-state index in [9.17, 15) is 19.2 Å². The van der Waals surface area contributed by atoms with Crippen molar-refractivity contribution in [1.29, 1.82) is 0 Å². The third-order valence-corrected chi connectivity index (χ3v) is 7.92. The normalized spacial score (nSPS) is 19.4. The lowest BCUT2D eigenvalue weighted by Crippen LogP contribution is -2.48. The van der Waals surface area contributed by atoms with Crippen molar-refractivity contribution in [2.75, 3.05) is 32.1 Å². The average Bonchev–Trinajstić information content (AvgIpc) is 3.27. The molecular formula is C23H32N4O5S. The fourth-order valence-electron chi connectivity index (χ4n) is 5.02. The Morgan fingerprint density at radius 1 is 1.12 bits per heavy atom. The highest BCUT2D eigenvalue weighted by Gasteiger charge is 2.51. The Bertz CT molecular complexity index is 938. The quantitative estimate of drug-likeness (QED) is 0.394. The van der Waals surface area contributed by atoms with Crippen molar-refractivity contribution in [3.63, 3.8) is 0 Å². The van der Waals surface area contributed by atoms with Crippen LogP contribution in [0.2, 0.25) is 0 Å². The summed E-state index contributed by atoms with van der Waals surface area (Å²) in [6, 6.07) is -0.515. The first-order chi connectivity index (χ1) is 15.9. The summed E-state index contributed by atoms with van der Waals surface area (Å²) >= 11 is 1.42. The number of nitrogens with zero attached hydrogens (tertiary/aromatic N) is 1. The molecule has 2 fully saturated rings. The summed E-state index contributed by atoms with van der Waals surface area (Å²) in [5.41, 5.74) is 0.661. The molecule has 1 aliphatic heterocycles. The van der Waals surface area contributed by atoms with Crippen LogP contribution in [0, 0.1) is 0 Å². The zero-order chi connectivity index (χ0) is 23.4. The first-order valence-electron chi connectivity index (χ1n) is 11.8. The fraction of sp³-hybridized carbons (Fsp3) is 0.652. The van der Waals surface area contributed by atoms with E-state index in [2.05, 4.69) is 16.0 Å². The van der Waals surface area contributed by atoms with Crippen LogP contribution in [0.3, 0.4) is 0 Å². The number of aryl methyl sites for hydroxylation is 1. The first kappa shape index (κ1) is 23.7. The molecule has 0 aromatic carbocycles. The number of rotatable bonds is 8. The zero-order valence-corrected chi connectivity index (χ0v) is 19.9. The summed E-state index contributed by atoms with van der Waals surface area (Å²) in [4.78, 5) is 53.5. The number of imide groups is 1. The van der Waals surface area contributed by atoms with Crippen molar-refractivity contribution < 1.29 is 23.9 Å². The second-order valence-electron chi connectivity index (χ2n) is 9.03.